The number of amides is 1. The minimum atomic E-state index is -0.617. The van der Waals surface area contributed by atoms with Crippen molar-refractivity contribution in [3.05, 3.63) is 44.9 Å². The average Bonchev–Trinajstić information content (AvgIpc) is 2.85. The summed E-state index contributed by atoms with van der Waals surface area (Å²) < 4.78 is 0.253. The summed E-state index contributed by atoms with van der Waals surface area (Å²) in [5, 5.41) is 23.0. The zero-order valence-electron chi connectivity index (χ0n) is 21.0. The highest BCUT2D eigenvalue weighted by Crippen LogP contribution is 2.41. The molecule has 2 aromatic carbocycles. The predicted molar refractivity (Wildman–Crippen MR) is 143 cm³/mol. The van der Waals surface area contributed by atoms with Crippen LogP contribution in [0, 0.1) is 16.0 Å². The van der Waals surface area contributed by atoms with Crippen molar-refractivity contribution >= 4 is 50.3 Å². The van der Waals surface area contributed by atoms with E-state index in [1.54, 1.807) is 6.07 Å². The number of unbranched alkanes of at least 4 members (excludes halogenated alkanes) is 1. The molecule has 1 unspecified atom stereocenters. The third-order valence-corrected chi connectivity index (χ3v) is 6.36. The second kappa shape index (κ2) is 14.5. The van der Waals surface area contributed by atoms with E-state index in [0.29, 0.717) is 11.4 Å². The Bertz CT molecular complexity index is 1080. The first-order valence-electron chi connectivity index (χ1n) is 11.9. The fraction of sp³-hybridized carbons (Fsp3) is 0.458. The van der Waals surface area contributed by atoms with Gasteiger partial charge < -0.3 is 15.1 Å². The van der Waals surface area contributed by atoms with Crippen molar-refractivity contribution in [3.63, 3.8) is 0 Å². The molecule has 2 aromatic rings. The van der Waals surface area contributed by atoms with E-state index in [-0.39, 0.29) is 33.4 Å². The number of rotatable bonds is 14. The number of anilines is 2. The lowest BCUT2D eigenvalue weighted by atomic mass is 9.98. The summed E-state index contributed by atoms with van der Waals surface area (Å²) in [5.74, 6) is 4.69. The van der Waals surface area contributed by atoms with Gasteiger partial charge in [-0.2, -0.15) is 5.90 Å². The standard InChI is InChI=1S/C24H33BrN6O5/c1-5-9-10-16(6-2)24(32)27-21-13-17(30(7-3)8-4)11-12-20(21)28-29-23-19(25)14-18(35-36-26)15-22(23)31(33)34/h11-16H,5-10,26H2,1-4H3,(H,27,32). The zero-order valence-corrected chi connectivity index (χ0v) is 22.6. The lowest BCUT2D eigenvalue weighted by Crippen LogP contribution is -2.24. The second-order valence-corrected chi connectivity index (χ2v) is 8.87. The molecule has 36 heavy (non-hydrogen) atoms. The minimum Gasteiger partial charge on any atom is -0.372 e. The fourth-order valence-corrected chi connectivity index (χ4v) is 4.22. The molecule has 1 amide bonds. The summed E-state index contributed by atoms with van der Waals surface area (Å²) in [4.78, 5) is 35.0. The van der Waals surface area contributed by atoms with Crippen LogP contribution in [-0.4, -0.2) is 23.9 Å². The molecule has 3 N–H and O–H groups in total. The molecule has 0 aliphatic rings. The number of nitrogens with two attached hydrogens (primary N) is 1. The molecule has 0 heterocycles. The number of azo groups is 1. The van der Waals surface area contributed by atoms with E-state index >= 15 is 0 Å². The van der Waals surface area contributed by atoms with Gasteiger partial charge in [-0.3, -0.25) is 14.9 Å². The number of carbonyl (C=O) groups is 1. The van der Waals surface area contributed by atoms with Crippen LogP contribution < -0.4 is 21.0 Å². The molecule has 11 nitrogen and oxygen atoms in total. The van der Waals surface area contributed by atoms with Crippen molar-refractivity contribution < 1.29 is 19.6 Å². The van der Waals surface area contributed by atoms with Crippen LogP contribution in [0.4, 0.5) is 28.4 Å². The Balaban J connectivity index is 2.51. The van der Waals surface area contributed by atoms with Gasteiger partial charge in [-0.15, -0.1) is 10.2 Å². The predicted octanol–water partition coefficient (Wildman–Crippen LogP) is 6.96. The van der Waals surface area contributed by atoms with Crippen molar-refractivity contribution in [2.45, 2.75) is 53.4 Å². The molecule has 0 saturated heterocycles. The van der Waals surface area contributed by atoms with Gasteiger partial charge in [0.15, 0.2) is 11.4 Å². The third kappa shape index (κ3) is 7.70. The molecule has 196 valence electrons. The first kappa shape index (κ1) is 29.1. The van der Waals surface area contributed by atoms with Crippen molar-refractivity contribution in [1.29, 1.82) is 0 Å². The molecular weight excluding hydrogens is 532 g/mol. The molecular formula is C24H33BrN6O5. The highest BCUT2D eigenvalue weighted by atomic mass is 79.9. The highest BCUT2D eigenvalue weighted by Gasteiger charge is 2.21. The van der Waals surface area contributed by atoms with Crippen LogP contribution in [0.15, 0.2) is 45.0 Å². The van der Waals surface area contributed by atoms with E-state index in [1.807, 2.05) is 32.9 Å². The summed E-state index contributed by atoms with van der Waals surface area (Å²) in [6.45, 7) is 9.76. The lowest BCUT2D eigenvalue weighted by Gasteiger charge is -2.23. The monoisotopic (exact) mass is 564 g/mol. The maximum Gasteiger partial charge on any atom is 0.301 e. The Morgan fingerprint density at radius 2 is 1.92 bits per heavy atom. The van der Waals surface area contributed by atoms with Gasteiger partial charge in [0.25, 0.3) is 0 Å². The van der Waals surface area contributed by atoms with E-state index in [4.69, 9.17) is 10.8 Å². The van der Waals surface area contributed by atoms with E-state index in [9.17, 15) is 14.9 Å². The second-order valence-electron chi connectivity index (χ2n) is 8.02. The largest absolute Gasteiger partial charge is 0.372 e. The molecule has 0 spiro atoms. The topological polar surface area (TPSA) is 145 Å². The highest BCUT2D eigenvalue weighted by molar-refractivity contribution is 9.10. The summed E-state index contributed by atoms with van der Waals surface area (Å²) in [5.41, 5.74) is 1.39. The Morgan fingerprint density at radius 1 is 1.19 bits per heavy atom. The molecule has 0 bridgehead atoms. The van der Waals surface area contributed by atoms with Gasteiger partial charge in [-0.05, 0) is 60.8 Å². The summed E-state index contributed by atoms with van der Waals surface area (Å²) in [6.07, 6.45) is 3.49. The molecule has 0 fully saturated rings. The molecule has 12 heteroatoms. The van der Waals surface area contributed by atoms with Crippen molar-refractivity contribution in [2.24, 2.45) is 22.0 Å². The van der Waals surface area contributed by atoms with Crippen LogP contribution in [-0.2, 0) is 9.78 Å². The molecule has 2 rings (SSSR count). The van der Waals surface area contributed by atoms with Crippen LogP contribution in [0.1, 0.15) is 53.4 Å². The third-order valence-electron chi connectivity index (χ3n) is 5.75. The maximum atomic E-state index is 13.1. The van der Waals surface area contributed by atoms with Crippen LogP contribution in [0.3, 0.4) is 0 Å². The van der Waals surface area contributed by atoms with Crippen molar-refractivity contribution in [1.82, 2.24) is 0 Å². The minimum absolute atomic E-state index is 0.0178. The Labute approximate surface area is 219 Å². The number of nitrogens with one attached hydrogen (secondary N) is 1. The van der Waals surface area contributed by atoms with Crippen LogP contribution in [0.5, 0.6) is 5.75 Å². The van der Waals surface area contributed by atoms with Crippen molar-refractivity contribution in [2.75, 3.05) is 23.3 Å². The normalized spacial score (nSPS) is 11.9. The number of nitrogens with zero attached hydrogens (tertiary/aromatic N) is 4. The van der Waals surface area contributed by atoms with E-state index < -0.39 is 4.92 Å². The quantitative estimate of drug-likeness (QED) is 0.109. The van der Waals surface area contributed by atoms with Crippen LogP contribution in [0.2, 0.25) is 0 Å². The Morgan fingerprint density at radius 3 is 2.50 bits per heavy atom. The van der Waals surface area contributed by atoms with Crippen LogP contribution in [0.25, 0.3) is 0 Å². The number of nitro benzene ring substituents is 1. The molecule has 1 atom stereocenters. The van der Waals surface area contributed by atoms with Gasteiger partial charge in [0.05, 0.1) is 21.1 Å². The van der Waals surface area contributed by atoms with Gasteiger partial charge in [0.2, 0.25) is 5.91 Å². The molecule has 0 aromatic heterocycles. The molecule has 0 aliphatic heterocycles. The molecule has 0 radical (unpaired) electrons. The Kier molecular flexibility index (Phi) is 11.7. The molecule has 0 aliphatic carbocycles. The number of hydrogen-bond acceptors (Lipinski definition) is 9. The number of nitro groups is 1. The first-order valence-corrected chi connectivity index (χ1v) is 12.7. The smallest absolute Gasteiger partial charge is 0.301 e. The zero-order chi connectivity index (χ0) is 26.7. The van der Waals surface area contributed by atoms with E-state index in [2.05, 4.69) is 48.3 Å². The molecule has 0 saturated carbocycles. The average molecular weight is 565 g/mol. The number of halogens is 1. The van der Waals surface area contributed by atoms with Gasteiger partial charge in [0.1, 0.15) is 5.69 Å². The van der Waals surface area contributed by atoms with Gasteiger partial charge >= 0.3 is 5.69 Å². The SMILES string of the molecule is CCCCC(CC)C(=O)Nc1cc(N(CC)CC)ccc1N=Nc1c(Br)cc(OON)cc1[N+](=O)[O-]. The summed E-state index contributed by atoms with van der Waals surface area (Å²) in [7, 11) is 0. The number of carbonyl (C=O) groups excluding carboxylic acids is 1. The fourth-order valence-electron chi connectivity index (χ4n) is 3.71. The van der Waals surface area contributed by atoms with Crippen molar-refractivity contribution in [3.8, 4) is 5.75 Å². The van der Waals surface area contributed by atoms with E-state index in [1.165, 1.54) is 6.07 Å². The number of hydrogen-bond donors (Lipinski definition) is 2. The maximum absolute atomic E-state index is 13.1. The number of benzene rings is 2. The van der Waals surface area contributed by atoms with Gasteiger partial charge in [-0.1, -0.05) is 31.7 Å². The summed E-state index contributed by atoms with van der Waals surface area (Å²) in [6, 6.07) is 8.01. The van der Waals surface area contributed by atoms with E-state index in [0.717, 1.165) is 50.5 Å². The van der Waals surface area contributed by atoms with Crippen LogP contribution >= 0.6 is 15.9 Å². The van der Waals surface area contributed by atoms with Gasteiger partial charge in [0, 0.05) is 30.8 Å². The summed E-state index contributed by atoms with van der Waals surface area (Å²) >= 11 is 3.26. The van der Waals surface area contributed by atoms with Gasteiger partial charge in [-0.25, -0.2) is 0 Å². The first-order chi connectivity index (χ1) is 17.3. The Hall–Kier alpha value is -3.09. The lowest BCUT2D eigenvalue weighted by molar-refractivity contribution is -0.384.